The van der Waals surface area contributed by atoms with Gasteiger partial charge in [0.2, 0.25) is 5.89 Å². The average molecular weight is 457 g/mol. The lowest BCUT2D eigenvalue weighted by atomic mass is 9.83. The number of benzene rings is 1. The number of ether oxygens (including phenoxy) is 1. The zero-order chi connectivity index (χ0) is 24.2. The first-order valence-corrected chi connectivity index (χ1v) is 11.8. The van der Waals surface area contributed by atoms with Crippen LogP contribution in [0.2, 0.25) is 0 Å². The van der Waals surface area contributed by atoms with E-state index in [9.17, 15) is 14.7 Å². The first-order chi connectivity index (χ1) is 15.6. The van der Waals surface area contributed by atoms with E-state index in [0.29, 0.717) is 44.7 Å². The van der Waals surface area contributed by atoms with Crippen LogP contribution in [0.3, 0.4) is 0 Å². The quantitative estimate of drug-likeness (QED) is 0.595. The van der Waals surface area contributed by atoms with Crippen LogP contribution in [0.4, 0.5) is 4.79 Å². The van der Waals surface area contributed by atoms with Gasteiger partial charge in [0.05, 0.1) is 18.2 Å². The maximum atomic E-state index is 12.4. The van der Waals surface area contributed by atoms with Gasteiger partial charge in [0.1, 0.15) is 5.76 Å². The molecule has 1 aromatic carbocycles. The van der Waals surface area contributed by atoms with Gasteiger partial charge >= 0.3 is 12.1 Å². The van der Waals surface area contributed by atoms with Crippen molar-refractivity contribution < 1.29 is 23.8 Å². The molecule has 1 atom stereocenters. The zero-order valence-electron chi connectivity index (χ0n) is 20.4. The van der Waals surface area contributed by atoms with Crippen molar-refractivity contribution in [3.05, 3.63) is 41.3 Å². The van der Waals surface area contributed by atoms with E-state index in [0.717, 1.165) is 17.0 Å². The SMILES string of the molecule is CCC(C(=O)O)C1CCN(C(=O)OCCc2nc(-c3ccc(C(C)(C)C)cc3)oc2C)CC1. The van der Waals surface area contributed by atoms with Crippen molar-refractivity contribution in [3.63, 3.8) is 0 Å². The lowest BCUT2D eigenvalue weighted by Gasteiger charge is -2.33. The first kappa shape index (κ1) is 24.8. The van der Waals surface area contributed by atoms with Gasteiger partial charge in [0.25, 0.3) is 0 Å². The van der Waals surface area contributed by atoms with Crippen LogP contribution in [-0.2, 0) is 21.4 Å². The third-order valence-electron chi connectivity index (χ3n) is 6.58. The van der Waals surface area contributed by atoms with Crippen molar-refractivity contribution in [1.82, 2.24) is 9.88 Å². The maximum absolute atomic E-state index is 12.4. The summed E-state index contributed by atoms with van der Waals surface area (Å²) in [6.45, 7) is 11.6. The summed E-state index contributed by atoms with van der Waals surface area (Å²) in [5.74, 6) is 0.328. The second-order valence-electron chi connectivity index (χ2n) is 9.89. The summed E-state index contributed by atoms with van der Waals surface area (Å²) in [6, 6.07) is 8.23. The number of piperidine rings is 1. The Labute approximate surface area is 196 Å². The van der Waals surface area contributed by atoms with Crippen LogP contribution >= 0.6 is 0 Å². The van der Waals surface area contributed by atoms with Gasteiger partial charge in [-0.3, -0.25) is 4.79 Å². The van der Waals surface area contributed by atoms with Crippen molar-refractivity contribution in [2.24, 2.45) is 11.8 Å². The number of carbonyl (C=O) groups is 2. The van der Waals surface area contributed by atoms with E-state index < -0.39 is 5.97 Å². The third kappa shape index (κ3) is 6.15. The standard InChI is InChI=1S/C26H36N2O5/c1-6-21(24(29)30)18-11-14-28(15-12-18)25(31)32-16-13-22-17(2)33-23(27-22)19-7-9-20(10-8-19)26(3,4)5/h7-10,18,21H,6,11-16H2,1-5H3,(H,29,30). The fourth-order valence-corrected chi connectivity index (χ4v) is 4.42. The molecule has 180 valence electrons. The van der Waals surface area contributed by atoms with E-state index in [1.54, 1.807) is 4.90 Å². The Kier molecular flexibility index (Phi) is 7.82. The van der Waals surface area contributed by atoms with Crippen LogP contribution in [0.25, 0.3) is 11.5 Å². The second kappa shape index (κ2) is 10.4. The lowest BCUT2D eigenvalue weighted by molar-refractivity contribution is -0.144. The van der Waals surface area contributed by atoms with Gasteiger partial charge in [-0.25, -0.2) is 9.78 Å². The molecule has 1 aliphatic heterocycles. The molecule has 0 bridgehead atoms. The molecule has 33 heavy (non-hydrogen) atoms. The first-order valence-electron chi connectivity index (χ1n) is 11.8. The maximum Gasteiger partial charge on any atom is 0.409 e. The van der Waals surface area contributed by atoms with Crippen LogP contribution in [0.15, 0.2) is 28.7 Å². The van der Waals surface area contributed by atoms with E-state index in [-0.39, 0.29) is 30.0 Å². The largest absolute Gasteiger partial charge is 0.481 e. The normalized spacial score (nSPS) is 16.0. The monoisotopic (exact) mass is 456 g/mol. The van der Waals surface area contributed by atoms with Gasteiger partial charge in [-0.15, -0.1) is 0 Å². The molecule has 1 amide bonds. The predicted molar refractivity (Wildman–Crippen MR) is 126 cm³/mol. The van der Waals surface area contributed by atoms with Crippen LogP contribution in [0, 0.1) is 18.8 Å². The fraction of sp³-hybridized carbons (Fsp3) is 0.577. The number of nitrogens with zero attached hydrogens (tertiary/aromatic N) is 2. The summed E-state index contributed by atoms with van der Waals surface area (Å²) in [7, 11) is 0. The Bertz CT molecular complexity index is 950. The molecule has 2 heterocycles. The molecular formula is C26H36N2O5. The Morgan fingerprint density at radius 3 is 2.39 bits per heavy atom. The Balaban J connectivity index is 1.50. The molecule has 1 saturated heterocycles. The Morgan fingerprint density at radius 1 is 1.21 bits per heavy atom. The number of likely N-dealkylation sites (tertiary alicyclic amines) is 1. The highest BCUT2D eigenvalue weighted by Crippen LogP contribution is 2.29. The number of carboxylic acids is 1. The van der Waals surface area contributed by atoms with Crippen molar-refractivity contribution in [2.45, 2.75) is 65.7 Å². The fourth-order valence-electron chi connectivity index (χ4n) is 4.42. The number of oxazole rings is 1. The smallest absolute Gasteiger partial charge is 0.409 e. The molecule has 1 unspecified atom stereocenters. The van der Waals surface area contributed by atoms with Gasteiger partial charge < -0.3 is 19.2 Å². The lowest BCUT2D eigenvalue weighted by Crippen LogP contribution is -2.41. The number of aromatic nitrogens is 1. The molecule has 7 nitrogen and oxygen atoms in total. The summed E-state index contributed by atoms with van der Waals surface area (Å²) in [4.78, 5) is 30.1. The number of rotatable bonds is 7. The molecule has 0 spiro atoms. The Morgan fingerprint density at radius 2 is 1.85 bits per heavy atom. The highest BCUT2D eigenvalue weighted by atomic mass is 16.6. The van der Waals surface area contributed by atoms with Crippen molar-refractivity contribution in [3.8, 4) is 11.5 Å². The van der Waals surface area contributed by atoms with Crippen LogP contribution in [-0.4, -0.2) is 46.7 Å². The van der Waals surface area contributed by atoms with Crippen LogP contribution < -0.4 is 0 Å². The van der Waals surface area contributed by atoms with Crippen molar-refractivity contribution in [2.75, 3.05) is 19.7 Å². The molecular weight excluding hydrogens is 420 g/mol. The molecule has 1 aromatic heterocycles. The Hall–Kier alpha value is -2.83. The van der Waals surface area contributed by atoms with Gasteiger partial charge in [0, 0.05) is 25.1 Å². The average Bonchev–Trinajstić information content (AvgIpc) is 3.14. The summed E-state index contributed by atoms with van der Waals surface area (Å²) < 4.78 is 11.3. The van der Waals surface area contributed by atoms with Crippen molar-refractivity contribution in [1.29, 1.82) is 0 Å². The molecule has 2 aromatic rings. The topological polar surface area (TPSA) is 92.9 Å². The molecule has 7 heteroatoms. The van der Waals surface area contributed by atoms with Crippen LogP contribution in [0.5, 0.6) is 0 Å². The number of hydrogen-bond donors (Lipinski definition) is 1. The second-order valence-corrected chi connectivity index (χ2v) is 9.89. The zero-order valence-corrected chi connectivity index (χ0v) is 20.4. The molecule has 1 N–H and O–H groups in total. The van der Waals surface area contributed by atoms with Crippen molar-refractivity contribution >= 4 is 12.1 Å². The summed E-state index contributed by atoms with van der Waals surface area (Å²) in [5.41, 5.74) is 3.04. The molecule has 1 aliphatic rings. The number of carboxylic acid groups (broad SMARTS) is 1. The minimum Gasteiger partial charge on any atom is -0.481 e. The number of aliphatic carboxylic acids is 1. The van der Waals surface area contributed by atoms with Gasteiger partial charge in [-0.2, -0.15) is 0 Å². The molecule has 0 saturated carbocycles. The van der Waals surface area contributed by atoms with E-state index in [4.69, 9.17) is 9.15 Å². The van der Waals surface area contributed by atoms with E-state index in [1.807, 2.05) is 26.0 Å². The predicted octanol–water partition coefficient (Wildman–Crippen LogP) is 5.45. The third-order valence-corrected chi connectivity index (χ3v) is 6.58. The van der Waals surface area contributed by atoms with E-state index in [1.165, 1.54) is 5.56 Å². The van der Waals surface area contributed by atoms with E-state index >= 15 is 0 Å². The van der Waals surface area contributed by atoms with Gasteiger partial charge in [0.15, 0.2) is 0 Å². The summed E-state index contributed by atoms with van der Waals surface area (Å²) in [6.07, 6.45) is 2.13. The molecule has 0 radical (unpaired) electrons. The highest BCUT2D eigenvalue weighted by Gasteiger charge is 2.31. The van der Waals surface area contributed by atoms with Gasteiger partial charge in [-0.05, 0) is 55.2 Å². The molecule has 3 rings (SSSR count). The van der Waals surface area contributed by atoms with Gasteiger partial charge in [-0.1, -0.05) is 39.8 Å². The minimum atomic E-state index is -0.744. The van der Waals surface area contributed by atoms with E-state index in [2.05, 4.69) is 37.9 Å². The number of aryl methyl sites for hydroxylation is 1. The summed E-state index contributed by atoms with van der Waals surface area (Å²) in [5, 5.41) is 9.35. The number of hydrogen-bond acceptors (Lipinski definition) is 5. The van der Waals surface area contributed by atoms with Crippen LogP contribution in [0.1, 0.15) is 64.0 Å². The number of carbonyl (C=O) groups excluding carboxylic acids is 1. The molecule has 1 fully saturated rings. The highest BCUT2D eigenvalue weighted by molar-refractivity contribution is 5.70. The molecule has 0 aliphatic carbocycles. The summed E-state index contributed by atoms with van der Waals surface area (Å²) >= 11 is 0. The minimum absolute atomic E-state index is 0.0866. The number of amides is 1.